The first-order chi connectivity index (χ1) is 8.63. The molecule has 3 heteroatoms. The molecule has 3 rings (SSSR count). The summed E-state index contributed by atoms with van der Waals surface area (Å²) in [6, 6.07) is 1.51. The average Bonchev–Trinajstić information content (AvgIpc) is 2.94. The maximum Gasteiger partial charge on any atom is 0.224 e. The van der Waals surface area contributed by atoms with Gasteiger partial charge in [0.15, 0.2) is 0 Å². The molecule has 3 aliphatic rings. The molecule has 2 saturated heterocycles. The van der Waals surface area contributed by atoms with Gasteiger partial charge in [0.25, 0.3) is 0 Å². The van der Waals surface area contributed by atoms with Gasteiger partial charge in [-0.25, -0.2) is 0 Å². The maximum atomic E-state index is 12.4. The van der Waals surface area contributed by atoms with Crippen molar-refractivity contribution in [3.63, 3.8) is 0 Å². The Morgan fingerprint density at radius 1 is 1.11 bits per heavy atom. The molecule has 0 radical (unpaired) electrons. The van der Waals surface area contributed by atoms with E-state index in [0.717, 1.165) is 12.3 Å². The summed E-state index contributed by atoms with van der Waals surface area (Å²) < 4.78 is 0. The smallest absolute Gasteiger partial charge is 0.224 e. The molecule has 1 saturated carbocycles. The zero-order valence-corrected chi connectivity index (χ0v) is 11.6. The van der Waals surface area contributed by atoms with Gasteiger partial charge >= 0.3 is 0 Å². The van der Waals surface area contributed by atoms with Crippen LogP contribution in [0.1, 0.15) is 52.4 Å². The summed E-state index contributed by atoms with van der Waals surface area (Å²) in [4.78, 5) is 12.4. The van der Waals surface area contributed by atoms with Gasteiger partial charge in [0.1, 0.15) is 0 Å². The van der Waals surface area contributed by atoms with Crippen molar-refractivity contribution in [2.75, 3.05) is 0 Å². The largest absolute Gasteiger partial charge is 0.353 e. The Balaban J connectivity index is 1.55. The molecule has 2 N–H and O–H groups in total. The fourth-order valence-electron chi connectivity index (χ4n) is 4.28. The second-order valence-corrected chi connectivity index (χ2v) is 6.90. The third kappa shape index (κ3) is 2.29. The standard InChI is InChI=1S/C15H26N2O/c1-9-3-5-13(10(2)7-9)17-15(18)12-8-11-4-6-14(12)16-11/h9-14,16H,3-8H2,1-2H3,(H,17,18). The molecule has 3 fully saturated rings. The Hall–Kier alpha value is -0.570. The van der Waals surface area contributed by atoms with E-state index in [4.69, 9.17) is 0 Å². The summed E-state index contributed by atoms with van der Waals surface area (Å²) in [5.41, 5.74) is 0. The highest BCUT2D eigenvalue weighted by Crippen LogP contribution is 2.34. The van der Waals surface area contributed by atoms with Crippen LogP contribution in [-0.2, 0) is 4.79 Å². The van der Waals surface area contributed by atoms with E-state index in [1.165, 1.54) is 32.1 Å². The first kappa shape index (κ1) is 12.5. The van der Waals surface area contributed by atoms with E-state index in [2.05, 4.69) is 24.5 Å². The Labute approximate surface area is 110 Å². The summed E-state index contributed by atoms with van der Waals surface area (Å²) in [6.45, 7) is 4.62. The van der Waals surface area contributed by atoms with Gasteiger partial charge in [-0.1, -0.05) is 13.8 Å². The van der Waals surface area contributed by atoms with Crippen LogP contribution in [0, 0.1) is 17.8 Å². The molecule has 6 unspecified atom stereocenters. The van der Waals surface area contributed by atoms with Crippen LogP contribution in [0.5, 0.6) is 0 Å². The summed E-state index contributed by atoms with van der Waals surface area (Å²) in [7, 11) is 0. The number of carbonyl (C=O) groups excluding carboxylic acids is 1. The first-order valence-corrected chi connectivity index (χ1v) is 7.70. The van der Waals surface area contributed by atoms with Crippen LogP contribution in [0.4, 0.5) is 0 Å². The molecule has 18 heavy (non-hydrogen) atoms. The fraction of sp³-hybridized carbons (Fsp3) is 0.933. The molecule has 1 amide bonds. The lowest BCUT2D eigenvalue weighted by Crippen LogP contribution is -2.47. The molecule has 2 bridgehead atoms. The van der Waals surface area contributed by atoms with Crippen LogP contribution in [0.15, 0.2) is 0 Å². The monoisotopic (exact) mass is 250 g/mol. The highest BCUT2D eigenvalue weighted by Gasteiger charge is 2.43. The number of fused-ring (bicyclic) bond motifs is 2. The molecule has 1 aliphatic carbocycles. The quantitative estimate of drug-likeness (QED) is 0.787. The lowest BCUT2D eigenvalue weighted by atomic mass is 9.79. The fourth-order valence-corrected chi connectivity index (χ4v) is 4.28. The van der Waals surface area contributed by atoms with Gasteiger partial charge in [-0.3, -0.25) is 4.79 Å². The van der Waals surface area contributed by atoms with Crippen LogP contribution in [0.3, 0.4) is 0 Å². The van der Waals surface area contributed by atoms with Crippen LogP contribution in [0.2, 0.25) is 0 Å². The molecule has 3 nitrogen and oxygen atoms in total. The number of rotatable bonds is 2. The van der Waals surface area contributed by atoms with Gasteiger partial charge in [0, 0.05) is 18.1 Å². The van der Waals surface area contributed by atoms with E-state index in [1.807, 2.05) is 0 Å². The molecule has 2 heterocycles. The van der Waals surface area contributed by atoms with Crippen molar-refractivity contribution >= 4 is 5.91 Å². The van der Waals surface area contributed by atoms with E-state index < -0.39 is 0 Å². The van der Waals surface area contributed by atoms with Crippen LogP contribution in [-0.4, -0.2) is 24.0 Å². The Morgan fingerprint density at radius 3 is 2.56 bits per heavy atom. The molecule has 6 atom stereocenters. The molecule has 2 aliphatic heterocycles. The van der Waals surface area contributed by atoms with E-state index in [9.17, 15) is 4.79 Å². The van der Waals surface area contributed by atoms with Gasteiger partial charge in [-0.05, 0) is 50.4 Å². The number of nitrogens with one attached hydrogen (secondary N) is 2. The van der Waals surface area contributed by atoms with Gasteiger partial charge in [-0.15, -0.1) is 0 Å². The summed E-state index contributed by atoms with van der Waals surface area (Å²) in [5, 5.41) is 6.89. The minimum absolute atomic E-state index is 0.246. The minimum atomic E-state index is 0.246. The predicted octanol–water partition coefficient (Wildman–Crippen LogP) is 2.07. The zero-order valence-electron chi connectivity index (χ0n) is 11.6. The highest BCUT2D eigenvalue weighted by molar-refractivity contribution is 5.80. The van der Waals surface area contributed by atoms with Crippen molar-refractivity contribution in [3.05, 3.63) is 0 Å². The maximum absolute atomic E-state index is 12.4. The number of carbonyl (C=O) groups is 1. The lowest BCUT2D eigenvalue weighted by molar-refractivity contribution is -0.127. The highest BCUT2D eigenvalue weighted by atomic mass is 16.2. The number of amides is 1. The van der Waals surface area contributed by atoms with Crippen molar-refractivity contribution in [1.82, 2.24) is 10.6 Å². The third-order valence-electron chi connectivity index (χ3n) is 5.40. The minimum Gasteiger partial charge on any atom is -0.353 e. The SMILES string of the molecule is CC1CCC(NC(=O)C2CC3CCC2N3)C(C)C1. The lowest BCUT2D eigenvalue weighted by Gasteiger charge is -2.34. The molecule has 0 aromatic carbocycles. The Bertz CT molecular complexity index is 330. The predicted molar refractivity (Wildman–Crippen MR) is 72.2 cm³/mol. The average molecular weight is 250 g/mol. The zero-order chi connectivity index (χ0) is 12.7. The second kappa shape index (κ2) is 4.84. The van der Waals surface area contributed by atoms with Crippen molar-refractivity contribution in [1.29, 1.82) is 0 Å². The van der Waals surface area contributed by atoms with Crippen molar-refractivity contribution in [3.8, 4) is 0 Å². The topological polar surface area (TPSA) is 41.1 Å². The summed E-state index contributed by atoms with van der Waals surface area (Å²) in [5.74, 6) is 2.04. The molecule has 0 spiro atoms. The van der Waals surface area contributed by atoms with Gasteiger partial charge in [-0.2, -0.15) is 0 Å². The molecular formula is C15H26N2O. The van der Waals surface area contributed by atoms with Gasteiger partial charge in [0.2, 0.25) is 5.91 Å². The van der Waals surface area contributed by atoms with Crippen LogP contribution < -0.4 is 10.6 Å². The number of hydrogen-bond donors (Lipinski definition) is 2. The molecule has 0 aromatic heterocycles. The van der Waals surface area contributed by atoms with Gasteiger partial charge < -0.3 is 10.6 Å². The first-order valence-electron chi connectivity index (χ1n) is 7.70. The molecule has 102 valence electrons. The van der Waals surface area contributed by atoms with Crippen molar-refractivity contribution in [2.45, 2.75) is 70.5 Å². The molecule has 0 aromatic rings. The van der Waals surface area contributed by atoms with E-state index in [-0.39, 0.29) is 5.92 Å². The molecular weight excluding hydrogens is 224 g/mol. The number of hydrogen-bond acceptors (Lipinski definition) is 2. The van der Waals surface area contributed by atoms with E-state index in [0.29, 0.717) is 30.0 Å². The third-order valence-corrected chi connectivity index (χ3v) is 5.40. The van der Waals surface area contributed by atoms with Crippen LogP contribution >= 0.6 is 0 Å². The summed E-state index contributed by atoms with van der Waals surface area (Å²) >= 11 is 0. The van der Waals surface area contributed by atoms with E-state index in [1.54, 1.807) is 0 Å². The summed E-state index contributed by atoms with van der Waals surface area (Å²) in [6.07, 6.45) is 7.23. The second-order valence-electron chi connectivity index (χ2n) is 6.90. The van der Waals surface area contributed by atoms with Crippen molar-refractivity contribution in [2.24, 2.45) is 17.8 Å². The van der Waals surface area contributed by atoms with E-state index >= 15 is 0 Å². The van der Waals surface area contributed by atoms with Crippen molar-refractivity contribution < 1.29 is 4.79 Å². The Morgan fingerprint density at radius 2 is 1.94 bits per heavy atom. The van der Waals surface area contributed by atoms with Crippen LogP contribution in [0.25, 0.3) is 0 Å². The van der Waals surface area contributed by atoms with Gasteiger partial charge in [0.05, 0.1) is 5.92 Å². The normalized spacial score (nSPS) is 47.2. The Kier molecular flexibility index (Phi) is 3.35.